The summed E-state index contributed by atoms with van der Waals surface area (Å²) in [5, 5.41) is 24.5. The van der Waals surface area contributed by atoms with Crippen LogP contribution in [0.1, 0.15) is 5.56 Å². The van der Waals surface area contributed by atoms with Crippen LogP contribution in [0.4, 0.5) is 5.69 Å². The first-order valence-corrected chi connectivity index (χ1v) is 24.2. The third-order valence-electron chi connectivity index (χ3n) is 14.2. The van der Waals surface area contributed by atoms with Gasteiger partial charge >= 0.3 is 0 Å². The third-order valence-corrected chi connectivity index (χ3v) is 16.5. The Morgan fingerprint density at radius 3 is 1.85 bits per heavy atom. The Balaban J connectivity index is 1.25. The number of nitrogens with zero attached hydrogens (tertiary/aromatic N) is 5. The monoisotopic (exact) mass is 897 g/mol. The lowest BCUT2D eigenvalue weighted by atomic mass is 9.88. The van der Waals surface area contributed by atoms with Gasteiger partial charge in [-0.2, -0.15) is 5.26 Å². The maximum absolute atomic E-state index is 12.1. The highest BCUT2D eigenvalue weighted by Crippen LogP contribution is 2.55. The molecule has 0 N–H and O–H groups in total. The van der Waals surface area contributed by atoms with Gasteiger partial charge in [0, 0.05) is 79.9 Å². The average Bonchev–Trinajstić information content (AvgIpc) is 4.15. The molecule has 0 aliphatic heterocycles. The summed E-state index contributed by atoms with van der Waals surface area (Å²) in [4.78, 5) is 9.64. The third kappa shape index (κ3) is 4.83. The second-order valence-corrected chi connectivity index (χ2v) is 19.6. The standard InChI is InChI=1S/C61H31N5S2/c1-63-57-52(34-15-4-2-5-16-34)45(33-62)58(53(35-17-6-3-7-18-35)60(57)65-46-24-14-23-39-36-19-8-9-22-40(36)56-55(54(39)46)47(65)29-30-64-56)66-48-31-44-38-21-11-12-25-49(38)67-51(44)32-43(48)41-27-28-42-37-20-10-13-26-50(37)68-61(42)59(41)66/h2-32H. The molecule has 0 aliphatic rings. The van der Waals surface area contributed by atoms with Crippen molar-refractivity contribution in [3.8, 4) is 39.7 Å². The Hall–Kier alpha value is -8.85. The van der Waals surface area contributed by atoms with Crippen molar-refractivity contribution < 1.29 is 0 Å². The molecule has 0 saturated heterocycles. The van der Waals surface area contributed by atoms with Crippen LogP contribution in [0.5, 0.6) is 0 Å². The molecule has 0 saturated carbocycles. The van der Waals surface area contributed by atoms with Gasteiger partial charge in [0.2, 0.25) is 5.69 Å². The zero-order chi connectivity index (χ0) is 44.8. The van der Waals surface area contributed by atoms with Gasteiger partial charge in [0.1, 0.15) is 6.07 Å². The normalized spacial score (nSPS) is 12.1. The number of benzene rings is 10. The van der Waals surface area contributed by atoms with Crippen molar-refractivity contribution in [1.82, 2.24) is 14.1 Å². The second kappa shape index (κ2) is 13.8. The van der Waals surface area contributed by atoms with Gasteiger partial charge < -0.3 is 9.13 Å². The molecule has 15 aromatic rings. The molecule has 0 spiro atoms. The number of hydrogen-bond acceptors (Lipinski definition) is 4. The van der Waals surface area contributed by atoms with Crippen molar-refractivity contribution in [1.29, 1.82) is 5.26 Å². The summed E-state index contributed by atoms with van der Waals surface area (Å²) in [5.41, 5.74) is 10.3. The van der Waals surface area contributed by atoms with Gasteiger partial charge in [0.15, 0.2) is 0 Å². The molecule has 15 rings (SSSR count). The van der Waals surface area contributed by atoms with Crippen LogP contribution >= 0.6 is 22.7 Å². The van der Waals surface area contributed by atoms with Crippen LogP contribution < -0.4 is 0 Å². The minimum Gasteiger partial charge on any atom is -0.318 e. The van der Waals surface area contributed by atoms with E-state index in [0.29, 0.717) is 16.8 Å². The van der Waals surface area contributed by atoms with Gasteiger partial charge in [0.05, 0.1) is 55.8 Å². The Morgan fingerprint density at radius 2 is 1.10 bits per heavy atom. The molecule has 0 aliphatic carbocycles. The first-order valence-electron chi connectivity index (χ1n) is 22.5. The number of pyridine rings is 1. The lowest BCUT2D eigenvalue weighted by molar-refractivity contribution is 1.14. The second-order valence-electron chi connectivity index (χ2n) is 17.5. The first kappa shape index (κ1) is 37.4. The minimum atomic E-state index is 0.411. The lowest BCUT2D eigenvalue weighted by Gasteiger charge is -2.25. The summed E-state index contributed by atoms with van der Waals surface area (Å²) in [6.07, 6.45) is 1.90. The van der Waals surface area contributed by atoms with Crippen molar-refractivity contribution in [3.63, 3.8) is 0 Å². The van der Waals surface area contributed by atoms with Crippen LogP contribution in [0.25, 0.3) is 144 Å². The highest BCUT2D eigenvalue weighted by atomic mass is 32.1. The van der Waals surface area contributed by atoms with Gasteiger partial charge in [-0.1, -0.05) is 146 Å². The highest BCUT2D eigenvalue weighted by molar-refractivity contribution is 7.27. The van der Waals surface area contributed by atoms with Gasteiger partial charge in [-0.3, -0.25) is 4.98 Å². The van der Waals surface area contributed by atoms with E-state index in [9.17, 15) is 11.8 Å². The van der Waals surface area contributed by atoms with Crippen LogP contribution in [-0.4, -0.2) is 14.1 Å². The summed E-state index contributed by atoms with van der Waals surface area (Å²) in [6, 6.07) is 67.0. The summed E-state index contributed by atoms with van der Waals surface area (Å²) >= 11 is 3.61. The van der Waals surface area contributed by atoms with Crippen molar-refractivity contribution in [2.45, 2.75) is 0 Å². The molecule has 7 heteroatoms. The zero-order valence-corrected chi connectivity index (χ0v) is 37.6. The van der Waals surface area contributed by atoms with E-state index >= 15 is 0 Å². The van der Waals surface area contributed by atoms with Crippen molar-refractivity contribution in [2.24, 2.45) is 0 Å². The van der Waals surface area contributed by atoms with E-state index in [1.54, 1.807) is 11.3 Å². The van der Waals surface area contributed by atoms with E-state index in [4.69, 9.17) is 4.98 Å². The fraction of sp³-hybridized carbons (Fsp3) is 0. The molecule has 0 fully saturated rings. The van der Waals surface area contributed by atoms with Crippen molar-refractivity contribution in [2.75, 3.05) is 0 Å². The minimum absolute atomic E-state index is 0.411. The van der Waals surface area contributed by atoms with Crippen LogP contribution in [-0.2, 0) is 0 Å². The van der Waals surface area contributed by atoms with Crippen molar-refractivity contribution in [3.05, 3.63) is 205 Å². The quantitative estimate of drug-likeness (QED) is 0.131. The topological polar surface area (TPSA) is 50.9 Å². The zero-order valence-electron chi connectivity index (χ0n) is 36.0. The van der Waals surface area contributed by atoms with E-state index < -0.39 is 0 Å². The molecular weight excluding hydrogens is 867 g/mol. The summed E-state index contributed by atoms with van der Waals surface area (Å²) in [6.45, 7) is 9.34. The molecule has 0 unspecified atom stereocenters. The number of hydrogen-bond donors (Lipinski definition) is 0. The van der Waals surface area contributed by atoms with E-state index in [-0.39, 0.29) is 0 Å². The average molecular weight is 898 g/mol. The molecule has 0 radical (unpaired) electrons. The molecule has 5 aromatic heterocycles. The number of thiophene rings is 2. The van der Waals surface area contributed by atoms with Crippen molar-refractivity contribution >= 4 is 134 Å². The predicted molar refractivity (Wildman–Crippen MR) is 287 cm³/mol. The Labute approximate surface area is 396 Å². The van der Waals surface area contributed by atoms with Gasteiger partial charge in [-0.05, 0) is 58.3 Å². The van der Waals surface area contributed by atoms with Crippen LogP contribution in [0.15, 0.2) is 188 Å². The number of aromatic nitrogens is 3. The van der Waals surface area contributed by atoms with E-state index in [2.05, 4.69) is 166 Å². The molecule has 5 heterocycles. The van der Waals surface area contributed by atoms with E-state index in [1.807, 2.05) is 53.9 Å². The number of rotatable bonds is 4. The fourth-order valence-corrected chi connectivity index (χ4v) is 13.8. The summed E-state index contributed by atoms with van der Waals surface area (Å²) in [7, 11) is 0. The Morgan fingerprint density at radius 1 is 0.471 bits per heavy atom. The molecule has 68 heavy (non-hydrogen) atoms. The molecule has 312 valence electrons. The summed E-state index contributed by atoms with van der Waals surface area (Å²) < 4.78 is 9.51. The first-order chi connectivity index (χ1) is 33.7. The Bertz CT molecular complexity index is 4660. The molecule has 0 bridgehead atoms. The van der Waals surface area contributed by atoms with Crippen LogP contribution in [0.3, 0.4) is 0 Å². The summed E-state index contributed by atoms with van der Waals surface area (Å²) in [5.74, 6) is 0. The molecule has 0 amide bonds. The highest BCUT2D eigenvalue weighted by Gasteiger charge is 2.33. The van der Waals surface area contributed by atoms with E-state index in [0.717, 1.165) is 98.1 Å². The SMILES string of the molecule is [C-]#[N+]c1c(-c2ccccc2)c(C#N)c(-n2c3cc4c(cc3c3ccc5c6ccccc6sc5c32)sc2ccccc24)c(-c2ccccc2)c1-n1c2cccc3c4ccccc4c4nccc1c4c32. The Kier molecular flexibility index (Phi) is 7.61. The lowest BCUT2D eigenvalue weighted by Crippen LogP contribution is -2.08. The van der Waals surface area contributed by atoms with Crippen LogP contribution in [0.2, 0.25) is 0 Å². The number of nitriles is 1. The van der Waals surface area contributed by atoms with Gasteiger partial charge in [-0.25, -0.2) is 4.85 Å². The molecule has 0 atom stereocenters. The van der Waals surface area contributed by atoms with Crippen LogP contribution in [0, 0.1) is 17.9 Å². The van der Waals surface area contributed by atoms with Gasteiger partial charge in [0.25, 0.3) is 0 Å². The molecule has 10 aromatic carbocycles. The molecular formula is C61H31N5S2. The van der Waals surface area contributed by atoms with E-state index in [1.165, 1.54) is 35.6 Å². The number of fused-ring (bicyclic) bond motifs is 13. The molecule has 5 nitrogen and oxygen atoms in total. The van der Waals surface area contributed by atoms with Gasteiger partial charge in [-0.15, -0.1) is 22.7 Å². The largest absolute Gasteiger partial charge is 0.318 e. The maximum atomic E-state index is 12.1. The fourth-order valence-electron chi connectivity index (χ4n) is 11.5. The smallest absolute Gasteiger partial charge is 0.220 e. The predicted octanol–water partition coefficient (Wildman–Crippen LogP) is 17.5. The maximum Gasteiger partial charge on any atom is 0.220 e.